The van der Waals surface area contributed by atoms with Crippen LogP contribution in [0.1, 0.15) is 13.8 Å². The number of hydrogen-bond donors (Lipinski definition) is 3. The molecule has 2 fully saturated rings. The Balaban J connectivity index is 2.24. The third-order valence-electron chi connectivity index (χ3n) is 2.86. The Bertz CT molecular complexity index is 316. The van der Waals surface area contributed by atoms with E-state index >= 15 is 0 Å². The van der Waals surface area contributed by atoms with Crippen molar-refractivity contribution in [3.63, 3.8) is 0 Å². The highest BCUT2D eigenvalue weighted by molar-refractivity contribution is 5.78. The van der Waals surface area contributed by atoms with Gasteiger partial charge in [0.05, 0.1) is 6.61 Å². The van der Waals surface area contributed by atoms with E-state index in [-0.39, 0.29) is 0 Å². The first-order chi connectivity index (χ1) is 7.85. The van der Waals surface area contributed by atoms with Gasteiger partial charge in [-0.15, -0.1) is 0 Å². The fraction of sp³-hybridized carbons (Fsp3) is 0.900. The van der Waals surface area contributed by atoms with Crippen LogP contribution in [0.15, 0.2) is 0 Å². The molecule has 3 N–H and O–H groups in total. The lowest BCUT2D eigenvalue weighted by atomic mass is 9.99. The van der Waals surface area contributed by atoms with Crippen molar-refractivity contribution >= 4 is 5.97 Å². The second kappa shape index (κ2) is 4.18. The van der Waals surface area contributed by atoms with Crippen molar-refractivity contribution in [1.82, 2.24) is 0 Å². The number of aliphatic hydroxyl groups excluding tert-OH is 3. The molecule has 0 aromatic rings. The maximum Gasteiger partial charge on any atom is 0.338 e. The highest BCUT2D eigenvalue weighted by Crippen LogP contribution is 2.35. The zero-order chi connectivity index (χ0) is 12.8. The fourth-order valence-electron chi connectivity index (χ4n) is 2.12. The van der Waals surface area contributed by atoms with Gasteiger partial charge in [0, 0.05) is 0 Å². The largest absolute Gasteiger partial charge is 0.455 e. The summed E-state index contributed by atoms with van der Waals surface area (Å²) in [6.45, 7) is 2.66. The molecular weight excluding hydrogens is 232 g/mol. The Labute approximate surface area is 97.9 Å². The van der Waals surface area contributed by atoms with Gasteiger partial charge in [-0.25, -0.2) is 4.79 Å². The van der Waals surface area contributed by atoms with Crippen LogP contribution in [0.3, 0.4) is 0 Å². The van der Waals surface area contributed by atoms with E-state index < -0.39 is 48.9 Å². The van der Waals surface area contributed by atoms with Crippen molar-refractivity contribution in [1.29, 1.82) is 0 Å². The topological polar surface area (TPSA) is 105 Å². The van der Waals surface area contributed by atoms with E-state index in [1.807, 2.05) is 0 Å². The van der Waals surface area contributed by atoms with Gasteiger partial charge in [0.2, 0.25) is 0 Å². The summed E-state index contributed by atoms with van der Waals surface area (Å²) in [5, 5.41) is 28.2. The van der Waals surface area contributed by atoms with Gasteiger partial charge in [-0.3, -0.25) is 0 Å². The normalized spacial score (nSPS) is 41.8. The Morgan fingerprint density at radius 3 is 2.59 bits per heavy atom. The number of esters is 1. The lowest BCUT2D eigenvalue weighted by Gasteiger charge is -2.43. The molecule has 0 saturated carbocycles. The van der Waals surface area contributed by atoms with Gasteiger partial charge < -0.3 is 29.5 Å². The minimum absolute atomic E-state index is 0.530. The Hall–Kier alpha value is -0.730. The second-order valence-corrected chi connectivity index (χ2v) is 4.66. The molecule has 0 bridgehead atoms. The van der Waals surface area contributed by atoms with E-state index in [1.165, 1.54) is 0 Å². The van der Waals surface area contributed by atoms with E-state index in [2.05, 4.69) is 0 Å². The predicted molar refractivity (Wildman–Crippen MR) is 52.8 cm³/mol. The summed E-state index contributed by atoms with van der Waals surface area (Å²) in [6.07, 6.45) is -5.32. The van der Waals surface area contributed by atoms with Crippen LogP contribution < -0.4 is 0 Å². The van der Waals surface area contributed by atoms with Gasteiger partial charge >= 0.3 is 5.97 Å². The summed E-state index contributed by atoms with van der Waals surface area (Å²) >= 11 is 0. The smallest absolute Gasteiger partial charge is 0.338 e. The fourth-order valence-corrected chi connectivity index (χ4v) is 2.12. The number of fused-ring (bicyclic) bond motifs is 1. The van der Waals surface area contributed by atoms with Crippen LogP contribution in [0.2, 0.25) is 0 Å². The first-order valence-electron chi connectivity index (χ1n) is 5.39. The van der Waals surface area contributed by atoms with Crippen molar-refractivity contribution in [2.24, 2.45) is 0 Å². The molecule has 2 heterocycles. The average Bonchev–Trinajstić information content (AvgIpc) is 2.53. The van der Waals surface area contributed by atoms with Gasteiger partial charge in [0.15, 0.2) is 18.0 Å². The van der Waals surface area contributed by atoms with Crippen molar-refractivity contribution < 1.29 is 34.3 Å². The summed E-state index contributed by atoms with van der Waals surface area (Å²) in [4.78, 5) is 11.3. The molecule has 2 aliphatic heterocycles. The molecule has 0 aliphatic carbocycles. The molecule has 17 heavy (non-hydrogen) atoms. The van der Waals surface area contributed by atoms with Gasteiger partial charge in [-0.05, 0) is 13.8 Å². The summed E-state index contributed by atoms with van der Waals surface area (Å²) in [6, 6.07) is 0. The summed E-state index contributed by atoms with van der Waals surface area (Å²) in [5.41, 5.74) is 0. The SMILES string of the molecule is CC1(C)OC(C(O)CO)[C@H]2OC(=O)[C@H](O)[C@@H]2O1. The number of rotatable bonds is 2. The van der Waals surface area contributed by atoms with Crippen LogP contribution in [-0.2, 0) is 19.0 Å². The molecule has 2 unspecified atom stereocenters. The molecule has 0 spiro atoms. The van der Waals surface area contributed by atoms with Crippen LogP contribution in [-0.4, -0.2) is 64.2 Å². The molecule has 0 amide bonds. The quantitative estimate of drug-likeness (QED) is 0.492. The van der Waals surface area contributed by atoms with Gasteiger partial charge in [-0.1, -0.05) is 0 Å². The maximum atomic E-state index is 11.3. The van der Waals surface area contributed by atoms with E-state index in [4.69, 9.17) is 19.3 Å². The summed E-state index contributed by atoms with van der Waals surface area (Å²) < 4.78 is 15.7. The molecule has 5 atom stereocenters. The van der Waals surface area contributed by atoms with E-state index in [9.17, 15) is 15.0 Å². The van der Waals surface area contributed by atoms with Crippen molar-refractivity contribution in [2.45, 2.75) is 50.2 Å². The van der Waals surface area contributed by atoms with E-state index in [0.717, 1.165) is 0 Å². The number of ether oxygens (including phenoxy) is 3. The molecular formula is C10H16O7. The molecule has 2 rings (SSSR count). The van der Waals surface area contributed by atoms with Gasteiger partial charge in [0.25, 0.3) is 0 Å². The molecule has 2 saturated heterocycles. The van der Waals surface area contributed by atoms with Crippen LogP contribution in [0.5, 0.6) is 0 Å². The lowest BCUT2D eigenvalue weighted by molar-refractivity contribution is -0.341. The molecule has 0 aromatic heterocycles. The minimum Gasteiger partial charge on any atom is -0.455 e. The number of carbonyl (C=O) groups excluding carboxylic acids is 1. The Kier molecular flexibility index (Phi) is 3.13. The van der Waals surface area contributed by atoms with Crippen LogP contribution in [0.25, 0.3) is 0 Å². The molecule has 98 valence electrons. The van der Waals surface area contributed by atoms with Crippen LogP contribution >= 0.6 is 0 Å². The van der Waals surface area contributed by atoms with Crippen molar-refractivity contribution in [3.8, 4) is 0 Å². The van der Waals surface area contributed by atoms with E-state index in [1.54, 1.807) is 13.8 Å². The molecule has 7 heteroatoms. The zero-order valence-electron chi connectivity index (χ0n) is 9.57. The first kappa shape index (κ1) is 12.7. The van der Waals surface area contributed by atoms with Crippen molar-refractivity contribution in [3.05, 3.63) is 0 Å². The third-order valence-corrected chi connectivity index (χ3v) is 2.86. The van der Waals surface area contributed by atoms with Crippen LogP contribution in [0.4, 0.5) is 0 Å². The summed E-state index contributed by atoms with van der Waals surface area (Å²) in [5.74, 6) is -1.88. The van der Waals surface area contributed by atoms with Gasteiger partial charge in [0.1, 0.15) is 18.3 Å². The highest BCUT2D eigenvalue weighted by atomic mass is 16.8. The Morgan fingerprint density at radius 1 is 1.35 bits per heavy atom. The minimum atomic E-state index is -1.39. The number of carbonyl (C=O) groups is 1. The van der Waals surface area contributed by atoms with E-state index in [0.29, 0.717) is 0 Å². The predicted octanol–water partition coefficient (Wildman–Crippen LogP) is -1.85. The molecule has 2 aliphatic rings. The molecule has 0 aromatic carbocycles. The summed E-state index contributed by atoms with van der Waals surface area (Å²) in [7, 11) is 0. The Morgan fingerprint density at radius 2 is 2.00 bits per heavy atom. The zero-order valence-corrected chi connectivity index (χ0v) is 9.57. The number of aliphatic hydroxyl groups is 3. The molecule has 7 nitrogen and oxygen atoms in total. The number of hydrogen-bond acceptors (Lipinski definition) is 7. The second-order valence-electron chi connectivity index (χ2n) is 4.66. The monoisotopic (exact) mass is 248 g/mol. The highest BCUT2D eigenvalue weighted by Gasteiger charge is 2.56. The van der Waals surface area contributed by atoms with Crippen LogP contribution in [0, 0.1) is 0 Å². The molecule has 0 radical (unpaired) electrons. The third kappa shape index (κ3) is 2.16. The first-order valence-corrected chi connectivity index (χ1v) is 5.39. The van der Waals surface area contributed by atoms with Crippen molar-refractivity contribution in [2.75, 3.05) is 6.61 Å². The maximum absolute atomic E-state index is 11.3. The van der Waals surface area contributed by atoms with Gasteiger partial charge in [-0.2, -0.15) is 0 Å². The lowest BCUT2D eigenvalue weighted by Crippen LogP contribution is -2.59. The average molecular weight is 248 g/mol. The standard InChI is InChI=1S/C10H16O7/c1-10(2)16-6(4(12)3-11)8-7(17-10)5(13)9(14)15-8/h4-8,11-13H,3H2,1-2H3/t4?,5-,6?,7+,8-/m1/s1.